The Kier molecular flexibility index (Phi) is 3.25. The monoisotopic (exact) mass is 265 g/mol. The molecule has 3 aromatic rings. The molecule has 1 aromatic heterocycles. The summed E-state index contributed by atoms with van der Waals surface area (Å²) in [6.07, 6.45) is 1.98. The second-order valence-corrected chi connectivity index (χ2v) is 4.76. The third-order valence-corrected chi connectivity index (χ3v) is 3.34. The molecule has 0 amide bonds. The molecule has 1 heterocycles. The first-order valence-corrected chi connectivity index (χ1v) is 6.50. The van der Waals surface area contributed by atoms with E-state index in [-0.39, 0.29) is 5.97 Å². The lowest BCUT2D eigenvalue weighted by Crippen LogP contribution is -2.05. The Bertz CT molecular complexity index is 744. The summed E-state index contributed by atoms with van der Waals surface area (Å²) >= 11 is 0. The summed E-state index contributed by atoms with van der Waals surface area (Å²) in [5.74, 6) is -0.294. The quantitative estimate of drug-likeness (QED) is 0.678. The molecule has 0 unspecified atom stereocenters. The fourth-order valence-corrected chi connectivity index (χ4v) is 2.20. The molecule has 0 bridgehead atoms. The van der Waals surface area contributed by atoms with Gasteiger partial charge in [-0.05, 0) is 29.1 Å². The van der Waals surface area contributed by atoms with Crippen LogP contribution in [-0.4, -0.2) is 10.5 Å². The van der Waals surface area contributed by atoms with Crippen molar-refractivity contribution in [3.8, 4) is 0 Å². The molecule has 0 spiro atoms. The Labute approximate surface area is 117 Å². The molecule has 0 aliphatic rings. The van der Waals surface area contributed by atoms with E-state index in [2.05, 4.69) is 0 Å². The van der Waals surface area contributed by atoms with E-state index < -0.39 is 0 Å². The van der Waals surface area contributed by atoms with Crippen molar-refractivity contribution in [2.24, 2.45) is 7.05 Å². The van der Waals surface area contributed by atoms with Crippen LogP contribution >= 0.6 is 0 Å². The Morgan fingerprint density at radius 1 is 1.10 bits per heavy atom. The first kappa shape index (κ1) is 12.5. The first-order valence-electron chi connectivity index (χ1n) is 6.50. The molecular weight excluding hydrogens is 250 g/mol. The molecule has 0 atom stereocenters. The number of fused-ring (bicyclic) bond motifs is 1. The van der Waals surface area contributed by atoms with Crippen LogP contribution in [0.15, 0.2) is 60.8 Å². The van der Waals surface area contributed by atoms with E-state index in [1.165, 1.54) is 0 Å². The topological polar surface area (TPSA) is 31.2 Å². The van der Waals surface area contributed by atoms with Crippen LogP contribution in [-0.2, 0) is 18.4 Å². The van der Waals surface area contributed by atoms with Crippen LogP contribution in [0.5, 0.6) is 0 Å². The van der Waals surface area contributed by atoms with Gasteiger partial charge in [-0.2, -0.15) is 0 Å². The number of ether oxygens (including phenoxy) is 1. The van der Waals surface area contributed by atoms with E-state index >= 15 is 0 Å². The van der Waals surface area contributed by atoms with Gasteiger partial charge in [0.25, 0.3) is 0 Å². The maximum Gasteiger partial charge on any atom is 0.338 e. The number of carbonyl (C=O) groups excluding carboxylic acids is 1. The van der Waals surface area contributed by atoms with Crippen LogP contribution in [0, 0.1) is 0 Å². The predicted octanol–water partition coefficient (Wildman–Crippen LogP) is 3.54. The zero-order valence-corrected chi connectivity index (χ0v) is 11.2. The van der Waals surface area contributed by atoms with Crippen LogP contribution in [0.1, 0.15) is 15.9 Å². The van der Waals surface area contributed by atoms with E-state index in [4.69, 9.17) is 4.74 Å². The Morgan fingerprint density at radius 2 is 1.90 bits per heavy atom. The molecule has 0 aliphatic heterocycles. The van der Waals surface area contributed by atoms with Crippen molar-refractivity contribution < 1.29 is 9.53 Å². The van der Waals surface area contributed by atoms with E-state index in [0.717, 1.165) is 16.5 Å². The molecule has 0 radical (unpaired) electrons. The minimum absolute atomic E-state index is 0.294. The van der Waals surface area contributed by atoms with Gasteiger partial charge in [0, 0.05) is 18.8 Å². The van der Waals surface area contributed by atoms with Gasteiger partial charge in [-0.3, -0.25) is 0 Å². The Hall–Kier alpha value is -2.55. The third kappa shape index (κ3) is 2.43. The molecular formula is C17H15NO2. The Balaban J connectivity index is 1.77. The van der Waals surface area contributed by atoms with Gasteiger partial charge in [0.1, 0.15) is 6.61 Å². The van der Waals surface area contributed by atoms with E-state index in [0.29, 0.717) is 12.2 Å². The summed E-state index contributed by atoms with van der Waals surface area (Å²) in [5, 5.41) is 1.12. The fraction of sp³-hybridized carbons (Fsp3) is 0.118. The average molecular weight is 265 g/mol. The standard InChI is InChI=1S/C17H15NO2/c1-18-10-9-14-7-8-15(11-16(14)18)17(19)20-12-13-5-3-2-4-6-13/h2-11H,12H2,1H3. The number of aryl methyl sites for hydroxylation is 1. The van der Waals surface area contributed by atoms with Crippen molar-refractivity contribution in [3.63, 3.8) is 0 Å². The molecule has 100 valence electrons. The highest BCUT2D eigenvalue weighted by atomic mass is 16.5. The van der Waals surface area contributed by atoms with Crippen molar-refractivity contribution in [3.05, 3.63) is 71.9 Å². The van der Waals surface area contributed by atoms with Gasteiger partial charge in [0.15, 0.2) is 0 Å². The van der Waals surface area contributed by atoms with Crippen LogP contribution in [0.25, 0.3) is 10.9 Å². The molecule has 0 aliphatic carbocycles. The van der Waals surface area contributed by atoms with Crippen LogP contribution < -0.4 is 0 Å². The maximum atomic E-state index is 12.1. The highest BCUT2D eigenvalue weighted by molar-refractivity contribution is 5.94. The zero-order chi connectivity index (χ0) is 13.9. The molecule has 3 heteroatoms. The number of aromatic nitrogens is 1. The van der Waals surface area contributed by atoms with Gasteiger partial charge in [0.2, 0.25) is 0 Å². The number of hydrogen-bond acceptors (Lipinski definition) is 2. The highest BCUT2D eigenvalue weighted by Crippen LogP contribution is 2.17. The molecule has 3 rings (SSSR count). The molecule has 0 N–H and O–H groups in total. The van der Waals surface area contributed by atoms with Gasteiger partial charge in [-0.15, -0.1) is 0 Å². The van der Waals surface area contributed by atoms with Crippen LogP contribution in [0.3, 0.4) is 0 Å². The average Bonchev–Trinajstić information content (AvgIpc) is 2.87. The van der Waals surface area contributed by atoms with Crippen LogP contribution in [0.2, 0.25) is 0 Å². The molecule has 20 heavy (non-hydrogen) atoms. The largest absolute Gasteiger partial charge is 0.457 e. The summed E-state index contributed by atoms with van der Waals surface area (Å²) in [4.78, 5) is 12.1. The number of benzene rings is 2. The summed E-state index contributed by atoms with van der Waals surface area (Å²) in [6, 6.07) is 17.3. The smallest absolute Gasteiger partial charge is 0.338 e. The van der Waals surface area contributed by atoms with Crippen molar-refractivity contribution in [2.45, 2.75) is 6.61 Å². The molecule has 2 aromatic carbocycles. The first-order chi connectivity index (χ1) is 9.74. The lowest BCUT2D eigenvalue weighted by Gasteiger charge is -2.05. The van der Waals surface area contributed by atoms with Crippen molar-refractivity contribution in [1.82, 2.24) is 4.57 Å². The minimum atomic E-state index is -0.294. The maximum absolute atomic E-state index is 12.1. The number of rotatable bonds is 3. The van der Waals surface area contributed by atoms with E-state index in [1.54, 1.807) is 6.07 Å². The van der Waals surface area contributed by atoms with Crippen molar-refractivity contribution in [2.75, 3.05) is 0 Å². The number of carbonyl (C=O) groups is 1. The van der Waals surface area contributed by atoms with Crippen molar-refractivity contribution >= 4 is 16.9 Å². The van der Waals surface area contributed by atoms with Crippen LogP contribution in [0.4, 0.5) is 0 Å². The summed E-state index contributed by atoms with van der Waals surface area (Å²) in [5.41, 5.74) is 2.59. The van der Waals surface area contributed by atoms with E-state index in [1.807, 2.05) is 66.3 Å². The molecule has 0 saturated carbocycles. The summed E-state index contributed by atoms with van der Waals surface area (Å²) < 4.78 is 7.32. The highest BCUT2D eigenvalue weighted by Gasteiger charge is 2.09. The second-order valence-electron chi connectivity index (χ2n) is 4.76. The Morgan fingerprint density at radius 3 is 2.70 bits per heavy atom. The SMILES string of the molecule is Cn1ccc2ccc(C(=O)OCc3ccccc3)cc21. The second kappa shape index (κ2) is 5.21. The summed E-state index contributed by atoms with van der Waals surface area (Å²) in [7, 11) is 1.96. The van der Waals surface area contributed by atoms with Crippen molar-refractivity contribution in [1.29, 1.82) is 0 Å². The summed E-state index contributed by atoms with van der Waals surface area (Å²) in [6.45, 7) is 0.296. The fourth-order valence-electron chi connectivity index (χ4n) is 2.20. The number of nitrogens with zero attached hydrogens (tertiary/aromatic N) is 1. The van der Waals surface area contributed by atoms with Gasteiger partial charge in [-0.1, -0.05) is 36.4 Å². The third-order valence-electron chi connectivity index (χ3n) is 3.34. The predicted molar refractivity (Wildman–Crippen MR) is 78.5 cm³/mol. The minimum Gasteiger partial charge on any atom is -0.457 e. The lowest BCUT2D eigenvalue weighted by atomic mass is 10.1. The van der Waals surface area contributed by atoms with Gasteiger partial charge in [-0.25, -0.2) is 4.79 Å². The van der Waals surface area contributed by atoms with Gasteiger partial charge >= 0.3 is 5.97 Å². The molecule has 3 nitrogen and oxygen atoms in total. The number of hydrogen-bond donors (Lipinski definition) is 0. The van der Waals surface area contributed by atoms with E-state index in [9.17, 15) is 4.79 Å². The number of esters is 1. The van der Waals surface area contributed by atoms with Gasteiger partial charge in [0.05, 0.1) is 5.56 Å². The molecule has 0 saturated heterocycles. The normalized spacial score (nSPS) is 10.7. The van der Waals surface area contributed by atoms with Gasteiger partial charge < -0.3 is 9.30 Å². The molecule has 0 fully saturated rings. The lowest BCUT2D eigenvalue weighted by molar-refractivity contribution is 0.0473. The zero-order valence-electron chi connectivity index (χ0n) is 11.2.